The average molecular weight is 744 g/mol. The van der Waals surface area contributed by atoms with E-state index in [0.717, 1.165) is 72.3 Å². The molecule has 3 heterocycles. The van der Waals surface area contributed by atoms with E-state index in [1.165, 1.54) is 33.4 Å². The van der Waals surface area contributed by atoms with Crippen LogP contribution in [-0.2, 0) is 5.41 Å². The summed E-state index contributed by atoms with van der Waals surface area (Å²) in [7, 11) is 0. The minimum atomic E-state index is -0.0533. The average Bonchev–Trinajstić information content (AvgIpc) is 3.77. The lowest BCUT2D eigenvalue weighted by Crippen LogP contribution is -2.14. The molecule has 1 aliphatic carbocycles. The predicted molar refractivity (Wildman–Crippen MR) is 237 cm³/mol. The third-order valence-electron chi connectivity index (χ3n) is 11.9. The SMILES string of the molecule is CC1(C)c2ccccc2-c2ccc(-c3ccc(-c4cc(-c5ccc(-c6ccc7oc8ccccc8c7c6)cc5)nc(-c5ccccc5-c5cccnc5)n4)cc3)cc21. The lowest BCUT2D eigenvalue weighted by molar-refractivity contribution is 0.660. The summed E-state index contributed by atoms with van der Waals surface area (Å²) in [4.78, 5) is 14.9. The zero-order valence-electron chi connectivity index (χ0n) is 32.1. The van der Waals surface area contributed by atoms with Crippen molar-refractivity contribution in [1.82, 2.24) is 15.0 Å². The number of nitrogens with zero attached hydrogens (tertiary/aromatic N) is 3. The van der Waals surface area contributed by atoms with Crippen LogP contribution in [0.15, 0.2) is 193 Å². The molecule has 0 fully saturated rings. The summed E-state index contributed by atoms with van der Waals surface area (Å²) in [6.07, 6.45) is 3.69. The van der Waals surface area contributed by atoms with Gasteiger partial charge < -0.3 is 4.42 Å². The topological polar surface area (TPSA) is 51.8 Å². The summed E-state index contributed by atoms with van der Waals surface area (Å²) < 4.78 is 6.10. The maximum Gasteiger partial charge on any atom is 0.161 e. The van der Waals surface area contributed by atoms with E-state index in [9.17, 15) is 0 Å². The van der Waals surface area contributed by atoms with Gasteiger partial charge >= 0.3 is 0 Å². The third kappa shape index (κ3) is 5.64. The Morgan fingerprint density at radius 2 is 0.966 bits per heavy atom. The molecule has 0 spiro atoms. The highest BCUT2D eigenvalue weighted by Crippen LogP contribution is 2.49. The molecule has 274 valence electrons. The van der Waals surface area contributed by atoms with Gasteiger partial charge in [0, 0.05) is 50.8 Å². The number of rotatable bonds is 6. The van der Waals surface area contributed by atoms with Crippen LogP contribution in [0.3, 0.4) is 0 Å². The van der Waals surface area contributed by atoms with Crippen LogP contribution in [0.4, 0.5) is 0 Å². The standard InChI is InChI=1S/C54H37N3O/c1-54(2)47-15-7-5-12-42(47)43-27-25-39(31-48(43)54)35-19-23-37(24-20-35)50-32-49(56-53(57-50)45-14-4-3-11-41(45)40-10-9-29-55-33-40)36-21-17-34(18-22-36)38-26-28-52-46(30-38)44-13-6-8-16-51(44)58-52/h3-33H,1-2H3. The van der Waals surface area contributed by atoms with E-state index in [4.69, 9.17) is 14.4 Å². The van der Waals surface area contributed by atoms with Crippen LogP contribution in [0.5, 0.6) is 0 Å². The van der Waals surface area contributed by atoms with Gasteiger partial charge in [-0.25, -0.2) is 9.97 Å². The number of hydrogen-bond donors (Lipinski definition) is 0. The lowest BCUT2D eigenvalue weighted by atomic mass is 9.81. The van der Waals surface area contributed by atoms with Crippen LogP contribution in [0.1, 0.15) is 25.0 Å². The van der Waals surface area contributed by atoms with E-state index in [-0.39, 0.29) is 5.41 Å². The van der Waals surface area contributed by atoms with Gasteiger partial charge in [0.15, 0.2) is 5.82 Å². The van der Waals surface area contributed by atoms with Gasteiger partial charge in [0.1, 0.15) is 11.2 Å². The van der Waals surface area contributed by atoms with Gasteiger partial charge in [0.25, 0.3) is 0 Å². The van der Waals surface area contributed by atoms with Crippen molar-refractivity contribution in [2.45, 2.75) is 19.3 Å². The first-order chi connectivity index (χ1) is 28.5. The number of para-hydroxylation sites is 1. The third-order valence-corrected chi connectivity index (χ3v) is 11.9. The van der Waals surface area contributed by atoms with Crippen LogP contribution in [0, 0.1) is 0 Å². The molecular formula is C54H37N3O. The molecule has 0 amide bonds. The fourth-order valence-electron chi connectivity index (χ4n) is 8.77. The molecule has 0 saturated heterocycles. The zero-order chi connectivity index (χ0) is 38.8. The summed E-state index contributed by atoms with van der Waals surface area (Å²) in [5, 5.41) is 2.24. The van der Waals surface area contributed by atoms with Gasteiger partial charge in [-0.2, -0.15) is 0 Å². The molecule has 3 aromatic heterocycles. The van der Waals surface area contributed by atoms with Gasteiger partial charge in [0.05, 0.1) is 11.4 Å². The molecule has 0 N–H and O–H groups in total. The van der Waals surface area contributed by atoms with Crippen molar-refractivity contribution in [1.29, 1.82) is 0 Å². The Hall–Kier alpha value is -7.43. The van der Waals surface area contributed by atoms with Crippen molar-refractivity contribution in [2.75, 3.05) is 0 Å². The Bertz CT molecular complexity index is 3180. The maximum absolute atomic E-state index is 6.10. The van der Waals surface area contributed by atoms with Crippen LogP contribution < -0.4 is 0 Å². The monoisotopic (exact) mass is 743 g/mol. The molecule has 0 bridgehead atoms. The number of fused-ring (bicyclic) bond motifs is 6. The molecule has 0 atom stereocenters. The summed E-state index contributed by atoms with van der Waals surface area (Å²) in [5.74, 6) is 0.665. The molecule has 4 nitrogen and oxygen atoms in total. The molecular weight excluding hydrogens is 707 g/mol. The van der Waals surface area contributed by atoms with Crippen LogP contribution in [-0.4, -0.2) is 15.0 Å². The molecule has 58 heavy (non-hydrogen) atoms. The van der Waals surface area contributed by atoms with Crippen molar-refractivity contribution in [3.63, 3.8) is 0 Å². The Morgan fingerprint density at radius 3 is 1.69 bits per heavy atom. The summed E-state index contributed by atoms with van der Waals surface area (Å²) >= 11 is 0. The first-order valence-corrected chi connectivity index (χ1v) is 19.7. The summed E-state index contributed by atoms with van der Waals surface area (Å²) in [6.45, 7) is 4.66. The second-order valence-corrected chi connectivity index (χ2v) is 15.6. The highest BCUT2D eigenvalue weighted by Gasteiger charge is 2.35. The Labute approximate surface area is 337 Å². The summed E-state index contributed by atoms with van der Waals surface area (Å²) in [6, 6.07) is 62.3. The first-order valence-electron chi connectivity index (χ1n) is 19.7. The van der Waals surface area contributed by atoms with Crippen molar-refractivity contribution in [3.8, 4) is 78.4 Å². The van der Waals surface area contributed by atoms with Crippen molar-refractivity contribution >= 4 is 21.9 Å². The number of benzene rings is 7. The van der Waals surface area contributed by atoms with E-state index >= 15 is 0 Å². The first kappa shape index (κ1) is 33.9. The van der Waals surface area contributed by atoms with Gasteiger partial charge in [-0.15, -0.1) is 0 Å². The molecule has 7 aromatic carbocycles. The second kappa shape index (κ2) is 13.4. The molecule has 10 aromatic rings. The van der Waals surface area contributed by atoms with Gasteiger partial charge in [-0.3, -0.25) is 4.98 Å². The van der Waals surface area contributed by atoms with Crippen molar-refractivity contribution in [2.24, 2.45) is 0 Å². The highest BCUT2D eigenvalue weighted by atomic mass is 16.3. The highest BCUT2D eigenvalue weighted by molar-refractivity contribution is 6.06. The molecule has 0 saturated carbocycles. The van der Waals surface area contributed by atoms with E-state index < -0.39 is 0 Å². The Kier molecular flexibility index (Phi) is 7.80. The largest absolute Gasteiger partial charge is 0.456 e. The van der Waals surface area contributed by atoms with Crippen LogP contribution in [0.2, 0.25) is 0 Å². The number of pyridine rings is 1. The van der Waals surface area contributed by atoms with Crippen LogP contribution >= 0.6 is 0 Å². The zero-order valence-corrected chi connectivity index (χ0v) is 32.1. The smallest absolute Gasteiger partial charge is 0.161 e. The predicted octanol–water partition coefficient (Wildman–Crippen LogP) is 14.1. The minimum absolute atomic E-state index is 0.0533. The fraction of sp³-hybridized carbons (Fsp3) is 0.0556. The number of hydrogen-bond acceptors (Lipinski definition) is 4. The van der Waals surface area contributed by atoms with Crippen molar-refractivity contribution < 1.29 is 4.42 Å². The van der Waals surface area contributed by atoms with E-state index in [0.29, 0.717) is 5.82 Å². The molecule has 0 radical (unpaired) electrons. The van der Waals surface area contributed by atoms with Gasteiger partial charge in [-0.05, 0) is 86.5 Å². The van der Waals surface area contributed by atoms with E-state index in [1.54, 1.807) is 6.20 Å². The van der Waals surface area contributed by atoms with Gasteiger partial charge in [0.2, 0.25) is 0 Å². The molecule has 0 unspecified atom stereocenters. The van der Waals surface area contributed by atoms with E-state index in [1.807, 2.05) is 30.5 Å². The van der Waals surface area contributed by atoms with Gasteiger partial charge in [-0.1, -0.05) is 153 Å². The Morgan fingerprint density at radius 1 is 0.397 bits per heavy atom. The number of furan rings is 1. The lowest BCUT2D eigenvalue weighted by Gasteiger charge is -2.22. The fourth-order valence-corrected chi connectivity index (χ4v) is 8.77. The summed E-state index contributed by atoms with van der Waals surface area (Å²) in [5.41, 5.74) is 18.6. The molecule has 0 aliphatic heterocycles. The Balaban J connectivity index is 0.985. The maximum atomic E-state index is 6.10. The van der Waals surface area contributed by atoms with E-state index in [2.05, 4.69) is 170 Å². The molecule has 11 rings (SSSR count). The normalized spacial score (nSPS) is 12.8. The molecule has 4 heteroatoms. The second-order valence-electron chi connectivity index (χ2n) is 15.6. The van der Waals surface area contributed by atoms with Crippen molar-refractivity contribution in [3.05, 3.63) is 199 Å². The minimum Gasteiger partial charge on any atom is -0.456 e. The number of aromatic nitrogens is 3. The van der Waals surface area contributed by atoms with Crippen LogP contribution in [0.25, 0.3) is 100 Å². The quantitative estimate of drug-likeness (QED) is 0.170. The molecule has 1 aliphatic rings.